The first kappa shape index (κ1) is 17.8. The summed E-state index contributed by atoms with van der Waals surface area (Å²) in [6, 6.07) is 6.91. The number of para-hydroxylation sites is 1. The van der Waals surface area contributed by atoms with E-state index in [1.165, 1.54) is 0 Å². The van der Waals surface area contributed by atoms with E-state index >= 15 is 0 Å². The van der Waals surface area contributed by atoms with Gasteiger partial charge in [-0.05, 0) is 17.5 Å². The first-order chi connectivity index (χ1) is 11.8. The van der Waals surface area contributed by atoms with Gasteiger partial charge in [-0.2, -0.15) is 11.8 Å². The quantitative estimate of drug-likeness (QED) is 0.857. The second-order valence-electron chi connectivity index (χ2n) is 7.05. The van der Waals surface area contributed by atoms with E-state index in [-0.39, 0.29) is 11.8 Å². The van der Waals surface area contributed by atoms with Crippen LogP contribution in [0.25, 0.3) is 0 Å². The molecule has 1 aliphatic carbocycles. The normalized spacial score (nSPS) is 24.5. The number of aliphatic carboxylic acids is 1. The number of hydrogen-bond donors (Lipinski definition) is 2. The third-order valence-corrected chi connectivity index (χ3v) is 6.03. The molecule has 6 nitrogen and oxygen atoms in total. The first-order valence-electron chi connectivity index (χ1n) is 8.33. The highest BCUT2D eigenvalue weighted by atomic mass is 32.2. The van der Waals surface area contributed by atoms with Crippen molar-refractivity contribution in [1.29, 1.82) is 0 Å². The summed E-state index contributed by atoms with van der Waals surface area (Å²) in [7, 11) is 0. The van der Waals surface area contributed by atoms with E-state index in [2.05, 4.69) is 5.32 Å². The van der Waals surface area contributed by atoms with Gasteiger partial charge in [-0.25, -0.2) is 0 Å². The van der Waals surface area contributed by atoms with E-state index in [0.29, 0.717) is 24.3 Å². The van der Waals surface area contributed by atoms with Crippen molar-refractivity contribution in [1.82, 2.24) is 4.90 Å². The van der Waals surface area contributed by atoms with E-state index in [0.717, 1.165) is 11.5 Å². The molecule has 3 rings (SSSR count). The number of thioether (sulfide) groups is 1. The van der Waals surface area contributed by atoms with Gasteiger partial charge in [-0.1, -0.05) is 26.0 Å². The van der Waals surface area contributed by atoms with Gasteiger partial charge in [-0.3, -0.25) is 14.4 Å². The maximum absolute atomic E-state index is 12.8. The van der Waals surface area contributed by atoms with Crippen LogP contribution in [0.15, 0.2) is 24.3 Å². The predicted molar refractivity (Wildman–Crippen MR) is 96.7 cm³/mol. The van der Waals surface area contributed by atoms with Crippen LogP contribution in [0.2, 0.25) is 0 Å². The fraction of sp³-hybridized carbons (Fsp3) is 0.500. The lowest BCUT2D eigenvalue weighted by molar-refractivity contribution is -0.140. The summed E-state index contributed by atoms with van der Waals surface area (Å²) in [5.41, 5.74) is 0.328. The summed E-state index contributed by atoms with van der Waals surface area (Å²) < 4.78 is 0. The molecule has 25 heavy (non-hydrogen) atoms. The molecule has 1 saturated heterocycles. The number of nitrogens with one attached hydrogen (secondary N) is 1. The van der Waals surface area contributed by atoms with E-state index in [1.54, 1.807) is 43.0 Å². The fourth-order valence-corrected chi connectivity index (χ4v) is 4.42. The van der Waals surface area contributed by atoms with Gasteiger partial charge in [0, 0.05) is 24.6 Å². The molecular formula is C18H22N2O4S. The average Bonchev–Trinajstić information content (AvgIpc) is 3.18. The van der Waals surface area contributed by atoms with Gasteiger partial charge < -0.3 is 15.3 Å². The molecule has 2 amide bonds. The number of nitrogens with zero attached hydrogens (tertiary/aromatic N) is 1. The van der Waals surface area contributed by atoms with Gasteiger partial charge >= 0.3 is 5.97 Å². The van der Waals surface area contributed by atoms with Gasteiger partial charge in [0.15, 0.2) is 0 Å². The molecule has 1 aromatic carbocycles. The van der Waals surface area contributed by atoms with Crippen molar-refractivity contribution in [3.8, 4) is 0 Å². The summed E-state index contributed by atoms with van der Waals surface area (Å²) in [4.78, 5) is 38.4. The summed E-state index contributed by atoms with van der Waals surface area (Å²) in [6.45, 7) is 4.95. The minimum absolute atomic E-state index is 0.0963. The van der Waals surface area contributed by atoms with Crippen LogP contribution < -0.4 is 5.32 Å². The second-order valence-corrected chi connectivity index (χ2v) is 8.28. The van der Waals surface area contributed by atoms with Crippen LogP contribution in [0.1, 0.15) is 24.2 Å². The van der Waals surface area contributed by atoms with Crippen molar-refractivity contribution < 1.29 is 19.5 Å². The standard InChI is InChI=1S/C18H22N2O4S/c1-18(2)13(14(18)17(23)24)15(21)19-12-6-4-3-5-11(12)16(22)20-7-9-25-10-8-20/h3-6,13-14H,7-10H2,1-2H3,(H,19,21)(H,23,24)/t13-,14+/m1/s1. The van der Waals surface area contributed by atoms with Crippen molar-refractivity contribution in [3.05, 3.63) is 29.8 Å². The van der Waals surface area contributed by atoms with Crippen LogP contribution in [0.5, 0.6) is 0 Å². The molecule has 0 radical (unpaired) electrons. The molecule has 1 aliphatic heterocycles. The highest BCUT2D eigenvalue weighted by Crippen LogP contribution is 2.58. The van der Waals surface area contributed by atoms with Gasteiger partial charge in [0.25, 0.3) is 5.91 Å². The molecule has 0 bridgehead atoms. The Kier molecular flexibility index (Phi) is 4.77. The maximum atomic E-state index is 12.8. The lowest BCUT2D eigenvalue weighted by Gasteiger charge is -2.27. The maximum Gasteiger partial charge on any atom is 0.307 e. The first-order valence-corrected chi connectivity index (χ1v) is 9.49. The van der Waals surface area contributed by atoms with Gasteiger partial charge in [-0.15, -0.1) is 0 Å². The smallest absolute Gasteiger partial charge is 0.307 e. The summed E-state index contributed by atoms with van der Waals surface area (Å²) in [5.74, 6) is -0.838. The second kappa shape index (κ2) is 6.71. The molecule has 2 atom stereocenters. The Morgan fingerprint density at radius 3 is 2.40 bits per heavy atom. The number of carbonyl (C=O) groups is 3. The minimum atomic E-state index is -0.958. The molecule has 7 heteroatoms. The lowest BCUT2D eigenvalue weighted by Crippen LogP contribution is -2.38. The van der Waals surface area contributed by atoms with Crippen LogP contribution in [-0.2, 0) is 9.59 Å². The Bertz CT molecular complexity index is 713. The van der Waals surface area contributed by atoms with Gasteiger partial charge in [0.05, 0.1) is 23.1 Å². The molecule has 2 N–H and O–H groups in total. The molecule has 134 valence electrons. The zero-order chi connectivity index (χ0) is 18.2. The van der Waals surface area contributed by atoms with E-state index in [4.69, 9.17) is 0 Å². The van der Waals surface area contributed by atoms with Crippen molar-refractivity contribution in [2.75, 3.05) is 29.9 Å². The molecule has 1 saturated carbocycles. The Morgan fingerprint density at radius 2 is 1.80 bits per heavy atom. The van der Waals surface area contributed by atoms with Crippen LogP contribution in [-0.4, -0.2) is 52.4 Å². The molecule has 2 fully saturated rings. The molecule has 0 aromatic heterocycles. The van der Waals surface area contributed by atoms with Crippen LogP contribution in [0.3, 0.4) is 0 Å². The minimum Gasteiger partial charge on any atom is -0.481 e. The third kappa shape index (κ3) is 3.38. The third-order valence-electron chi connectivity index (χ3n) is 5.09. The number of anilines is 1. The molecule has 2 aliphatic rings. The van der Waals surface area contributed by atoms with E-state index in [9.17, 15) is 19.5 Å². The average molecular weight is 362 g/mol. The molecule has 0 unspecified atom stereocenters. The lowest BCUT2D eigenvalue weighted by atomic mass is 10.1. The van der Waals surface area contributed by atoms with Crippen molar-refractivity contribution in [2.45, 2.75) is 13.8 Å². The number of amides is 2. The topological polar surface area (TPSA) is 86.7 Å². The highest BCUT2D eigenvalue weighted by Gasteiger charge is 2.65. The molecule has 1 heterocycles. The molecular weight excluding hydrogens is 340 g/mol. The number of rotatable bonds is 4. The van der Waals surface area contributed by atoms with Crippen LogP contribution in [0, 0.1) is 17.3 Å². The largest absolute Gasteiger partial charge is 0.481 e. The Hall–Kier alpha value is -2.02. The summed E-state index contributed by atoms with van der Waals surface area (Å²) in [5, 5.41) is 12.0. The number of benzene rings is 1. The predicted octanol–water partition coefficient (Wildman–Crippen LogP) is 2.17. The Balaban J connectivity index is 1.76. The molecule has 0 spiro atoms. The zero-order valence-electron chi connectivity index (χ0n) is 14.3. The highest BCUT2D eigenvalue weighted by molar-refractivity contribution is 7.99. The molecule has 1 aromatic rings. The summed E-state index contributed by atoms with van der Waals surface area (Å²) in [6.07, 6.45) is 0. The van der Waals surface area contributed by atoms with Crippen LogP contribution >= 0.6 is 11.8 Å². The number of carboxylic acids is 1. The van der Waals surface area contributed by atoms with Crippen molar-refractivity contribution in [2.24, 2.45) is 17.3 Å². The number of carboxylic acid groups (broad SMARTS) is 1. The van der Waals surface area contributed by atoms with Crippen molar-refractivity contribution >= 4 is 35.2 Å². The van der Waals surface area contributed by atoms with E-state index < -0.39 is 23.2 Å². The van der Waals surface area contributed by atoms with Gasteiger partial charge in [0.2, 0.25) is 5.91 Å². The fourth-order valence-electron chi connectivity index (χ4n) is 3.51. The zero-order valence-corrected chi connectivity index (χ0v) is 15.1. The SMILES string of the molecule is CC1(C)[C@H](C(=O)O)[C@@H]1C(=O)Nc1ccccc1C(=O)N1CCSCC1. The van der Waals surface area contributed by atoms with Crippen LogP contribution in [0.4, 0.5) is 5.69 Å². The number of carbonyl (C=O) groups excluding carboxylic acids is 2. The summed E-state index contributed by atoms with van der Waals surface area (Å²) >= 11 is 1.82. The number of hydrogen-bond acceptors (Lipinski definition) is 4. The van der Waals surface area contributed by atoms with Crippen molar-refractivity contribution in [3.63, 3.8) is 0 Å². The van der Waals surface area contributed by atoms with Gasteiger partial charge in [0.1, 0.15) is 0 Å². The Labute approximate surface area is 151 Å². The monoisotopic (exact) mass is 362 g/mol. The Morgan fingerprint density at radius 1 is 1.16 bits per heavy atom. The van der Waals surface area contributed by atoms with E-state index in [1.807, 2.05) is 11.8 Å².